The van der Waals surface area contributed by atoms with Crippen LogP contribution in [0.3, 0.4) is 0 Å². The highest BCUT2D eigenvalue weighted by Gasteiger charge is 2.65. The van der Waals surface area contributed by atoms with E-state index >= 15 is 0 Å². The van der Waals surface area contributed by atoms with Gasteiger partial charge in [0.05, 0.1) is 6.10 Å². The normalized spacial score (nSPS) is 53.6. The Balaban J connectivity index is 1.69. The molecular formula is C21H32O3. The predicted octanol–water partition coefficient (Wildman–Crippen LogP) is 3.63. The van der Waals surface area contributed by atoms with Crippen LogP contribution in [-0.4, -0.2) is 27.7 Å². The number of carbonyl (C=O) groups is 1. The van der Waals surface area contributed by atoms with Crippen LogP contribution in [0.25, 0.3) is 0 Å². The van der Waals surface area contributed by atoms with Crippen LogP contribution >= 0.6 is 0 Å². The highest BCUT2D eigenvalue weighted by Crippen LogP contribution is 2.67. The number of carbonyl (C=O) groups excluding carboxylic acids is 1. The molecule has 4 rings (SSSR count). The van der Waals surface area contributed by atoms with Crippen molar-refractivity contribution in [1.82, 2.24) is 0 Å². The first-order chi connectivity index (χ1) is 11.2. The topological polar surface area (TPSA) is 57.5 Å². The first-order valence-corrected chi connectivity index (χ1v) is 9.83. The highest BCUT2D eigenvalue weighted by molar-refractivity contribution is 5.86. The molecule has 4 aliphatic rings. The number of Topliss-reactive ketones (excluding diaryl/α,β-unsaturated/α-hetero) is 1. The molecule has 0 aliphatic heterocycles. The lowest BCUT2D eigenvalue weighted by atomic mass is 9.47. The van der Waals surface area contributed by atoms with Gasteiger partial charge in [0, 0.05) is 5.41 Å². The zero-order valence-electron chi connectivity index (χ0n) is 15.3. The molecule has 0 spiro atoms. The minimum atomic E-state index is -1.11. The van der Waals surface area contributed by atoms with E-state index in [9.17, 15) is 15.0 Å². The summed E-state index contributed by atoms with van der Waals surface area (Å²) in [5.74, 6) is 1.65. The maximum Gasteiger partial charge on any atom is 0.161 e. The summed E-state index contributed by atoms with van der Waals surface area (Å²) in [7, 11) is 0. The highest BCUT2D eigenvalue weighted by atomic mass is 16.3. The molecule has 0 heterocycles. The summed E-state index contributed by atoms with van der Waals surface area (Å²) < 4.78 is 0. The molecule has 2 N–H and O–H groups in total. The summed E-state index contributed by atoms with van der Waals surface area (Å²) in [6.45, 7) is 6.16. The van der Waals surface area contributed by atoms with Gasteiger partial charge in [0.1, 0.15) is 5.60 Å². The summed E-state index contributed by atoms with van der Waals surface area (Å²) in [6, 6.07) is 0. The van der Waals surface area contributed by atoms with Gasteiger partial charge in [-0.3, -0.25) is 4.79 Å². The smallest absolute Gasteiger partial charge is 0.161 e. The van der Waals surface area contributed by atoms with Crippen LogP contribution in [-0.2, 0) is 4.79 Å². The van der Waals surface area contributed by atoms with Crippen LogP contribution < -0.4 is 0 Å². The molecule has 0 aromatic rings. The first-order valence-electron chi connectivity index (χ1n) is 9.83. The third-order valence-corrected chi connectivity index (χ3v) is 8.81. The summed E-state index contributed by atoms with van der Waals surface area (Å²) in [5.41, 5.74) is 0.331. The molecule has 134 valence electrons. The second kappa shape index (κ2) is 5.17. The zero-order valence-corrected chi connectivity index (χ0v) is 15.3. The number of rotatable bonds is 1. The van der Waals surface area contributed by atoms with Gasteiger partial charge in [-0.2, -0.15) is 0 Å². The molecule has 3 fully saturated rings. The molecular weight excluding hydrogens is 300 g/mol. The molecule has 0 amide bonds. The van der Waals surface area contributed by atoms with Crippen molar-refractivity contribution in [2.24, 2.45) is 28.6 Å². The average Bonchev–Trinajstić information content (AvgIpc) is 2.81. The molecule has 0 radical (unpaired) electrons. The maximum atomic E-state index is 12.2. The first kappa shape index (κ1) is 16.8. The van der Waals surface area contributed by atoms with Crippen molar-refractivity contribution in [2.75, 3.05) is 0 Å². The lowest BCUT2D eigenvalue weighted by Crippen LogP contribution is -2.56. The van der Waals surface area contributed by atoms with E-state index < -0.39 is 5.60 Å². The van der Waals surface area contributed by atoms with Crippen LogP contribution in [0.15, 0.2) is 11.6 Å². The van der Waals surface area contributed by atoms with Gasteiger partial charge in [-0.1, -0.05) is 25.5 Å². The van der Waals surface area contributed by atoms with Crippen LogP contribution in [0.4, 0.5) is 0 Å². The predicted molar refractivity (Wildman–Crippen MR) is 93.3 cm³/mol. The largest absolute Gasteiger partial charge is 0.393 e. The molecule has 4 unspecified atom stereocenters. The second-order valence-electron chi connectivity index (χ2n) is 9.57. The quantitative estimate of drug-likeness (QED) is 0.721. The van der Waals surface area contributed by atoms with Crippen LogP contribution in [0.1, 0.15) is 72.1 Å². The fourth-order valence-corrected chi connectivity index (χ4v) is 7.24. The molecule has 3 nitrogen and oxygen atoms in total. The summed E-state index contributed by atoms with van der Waals surface area (Å²) in [6.07, 6.45) is 9.84. The Kier molecular flexibility index (Phi) is 3.61. The number of ketones is 1. The monoisotopic (exact) mass is 332 g/mol. The van der Waals surface area contributed by atoms with Crippen LogP contribution in [0, 0.1) is 28.6 Å². The zero-order chi connectivity index (χ0) is 17.3. The SMILES string of the molecule is CC(=O)[C@@]1(O)CCC2C3CC=C4CC(O)CC[C@]4(C)C3CC[C@@]21C. The molecule has 4 aliphatic carbocycles. The fourth-order valence-electron chi connectivity index (χ4n) is 7.24. The fraction of sp³-hybridized carbons (Fsp3) is 0.857. The summed E-state index contributed by atoms with van der Waals surface area (Å²) >= 11 is 0. The molecule has 24 heavy (non-hydrogen) atoms. The lowest BCUT2D eigenvalue weighted by Gasteiger charge is -2.58. The van der Waals surface area contributed by atoms with Gasteiger partial charge in [-0.25, -0.2) is 0 Å². The Bertz CT molecular complexity index is 596. The van der Waals surface area contributed by atoms with Crippen molar-refractivity contribution in [3.05, 3.63) is 11.6 Å². The van der Waals surface area contributed by atoms with E-state index in [-0.39, 0.29) is 22.7 Å². The van der Waals surface area contributed by atoms with E-state index in [1.165, 1.54) is 5.57 Å². The Labute approximate surface area is 145 Å². The van der Waals surface area contributed by atoms with E-state index in [1.807, 2.05) is 0 Å². The molecule has 0 bridgehead atoms. The van der Waals surface area contributed by atoms with Crippen molar-refractivity contribution in [2.45, 2.75) is 83.8 Å². The average molecular weight is 332 g/mol. The second-order valence-corrected chi connectivity index (χ2v) is 9.57. The Morgan fingerprint density at radius 2 is 1.83 bits per heavy atom. The van der Waals surface area contributed by atoms with Gasteiger partial charge in [-0.15, -0.1) is 0 Å². The summed E-state index contributed by atoms with van der Waals surface area (Å²) in [5, 5.41) is 21.2. The number of aliphatic hydroxyl groups excluding tert-OH is 1. The summed E-state index contributed by atoms with van der Waals surface area (Å²) in [4.78, 5) is 12.2. The number of hydrogen-bond donors (Lipinski definition) is 2. The number of hydrogen-bond acceptors (Lipinski definition) is 3. The van der Waals surface area contributed by atoms with E-state index in [0.717, 1.165) is 44.9 Å². The molecule has 0 aromatic carbocycles. The lowest BCUT2D eigenvalue weighted by molar-refractivity contribution is -0.159. The van der Waals surface area contributed by atoms with E-state index in [2.05, 4.69) is 19.9 Å². The Morgan fingerprint density at radius 1 is 1.12 bits per heavy atom. The van der Waals surface area contributed by atoms with E-state index in [0.29, 0.717) is 24.2 Å². The Hall–Kier alpha value is -0.670. The molecule has 3 heteroatoms. The van der Waals surface area contributed by atoms with Crippen LogP contribution in [0.5, 0.6) is 0 Å². The number of fused-ring (bicyclic) bond motifs is 5. The van der Waals surface area contributed by atoms with Crippen molar-refractivity contribution in [3.63, 3.8) is 0 Å². The third-order valence-electron chi connectivity index (χ3n) is 8.81. The van der Waals surface area contributed by atoms with Gasteiger partial charge in [0.15, 0.2) is 5.78 Å². The molecule has 3 saturated carbocycles. The van der Waals surface area contributed by atoms with E-state index in [4.69, 9.17) is 0 Å². The minimum Gasteiger partial charge on any atom is -0.393 e. The van der Waals surface area contributed by atoms with Gasteiger partial charge in [0.2, 0.25) is 0 Å². The molecule has 0 aromatic heterocycles. The van der Waals surface area contributed by atoms with Gasteiger partial charge >= 0.3 is 0 Å². The van der Waals surface area contributed by atoms with Crippen molar-refractivity contribution >= 4 is 5.78 Å². The molecule has 0 saturated heterocycles. The van der Waals surface area contributed by atoms with Gasteiger partial charge in [-0.05, 0) is 81.5 Å². The van der Waals surface area contributed by atoms with Crippen molar-refractivity contribution in [1.29, 1.82) is 0 Å². The number of allylic oxidation sites excluding steroid dienone is 1. The van der Waals surface area contributed by atoms with Crippen LogP contribution in [0.2, 0.25) is 0 Å². The maximum absolute atomic E-state index is 12.2. The Morgan fingerprint density at radius 3 is 2.54 bits per heavy atom. The van der Waals surface area contributed by atoms with Crippen molar-refractivity contribution < 1.29 is 15.0 Å². The van der Waals surface area contributed by atoms with Gasteiger partial charge in [0.25, 0.3) is 0 Å². The number of aliphatic hydroxyl groups is 2. The standard InChI is InChI=1S/C21H32O3/c1-13(22)21(24)11-8-18-16-5-4-14-12-15(23)6-9-19(14,2)17(16)7-10-20(18,21)3/h4,15-18,23-24H,5-12H2,1-3H3/t15?,16?,17?,18?,19-,20-,21-/m0/s1. The molecule has 7 atom stereocenters. The van der Waals surface area contributed by atoms with Crippen molar-refractivity contribution in [3.8, 4) is 0 Å². The van der Waals surface area contributed by atoms with E-state index in [1.54, 1.807) is 6.92 Å². The minimum absolute atomic E-state index is 0.0370. The third kappa shape index (κ3) is 1.94. The van der Waals surface area contributed by atoms with Gasteiger partial charge < -0.3 is 10.2 Å².